The van der Waals surface area contributed by atoms with E-state index in [9.17, 15) is 0 Å². The topological polar surface area (TPSA) is 92.5 Å². The summed E-state index contributed by atoms with van der Waals surface area (Å²) in [5.41, 5.74) is 8.84. The van der Waals surface area contributed by atoms with Gasteiger partial charge in [0.15, 0.2) is 0 Å². The Hall–Kier alpha value is -0.160. The number of aliphatic hydroxyl groups is 2. The summed E-state index contributed by atoms with van der Waals surface area (Å²) in [6.45, 7) is 2.97. The normalized spacial score (nSPS) is 24.7. The summed E-state index contributed by atoms with van der Waals surface area (Å²) in [5.74, 6) is -0.516. The van der Waals surface area contributed by atoms with Gasteiger partial charge < -0.3 is 21.7 Å². The van der Waals surface area contributed by atoms with Crippen molar-refractivity contribution in [2.24, 2.45) is 17.4 Å². The summed E-state index contributed by atoms with van der Waals surface area (Å²) in [6.07, 6.45) is -1.06. The lowest BCUT2D eigenvalue weighted by molar-refractivity contribution is -0.0441. The van der Waals surface area contributed by atoms with Gasteiger partial charge in [0.25, 0.3) is 0 Å². The molecule has 0 saturated heterocycles. The van der Waals surface area contributed by atoms with Crippen molar-refractivity contribution in [2.45, 2.75) is 25.8 Å². The van der Waals surface area contributed by atoms with Crippen molar-refractivity contribution >= 4 is 0 Å². The molecule has 3 atom stereocenters. The number of hydrogen-bond donors (Lipinski definition) is 4. The maximum atomic E-state index is 8.99. The molecule has 0 heterocycles. The van der Waals surface area contributed by atoms with E-state index in [-0.39, 0.29) is 0 Å². The van der Waals surface area contributed by atoms with Gasteiger partial charge in [-0.15, -0.1) is 0 Å². The van der Waals surface area contributed by atoms with Crippen LogP contribution in [0.25, 0.3) is 0 Å². The van der Waals surface area contributed by atoms with Gasteiger partial charge in [0.1, 0.15) is 12.0 Å². The summed E-state index contributed by atoms with van der Waals surface area (Å²) in [7, 11) is 0. The number of rotatable bonds is 2. The van der Waals surface area contributed by atoms with Gasteiger partial charge in [0, 0.05) is 5.92 Å². The van der Waals surface area contributed by atoms with E-state index in [1.165, 1.54) is 6.92 Å². The molecule has 0 aromatic rings. The Morgan fingerprint density at radius 1 is 1.56 bits per heavy atom. The summed E-state index contributed by atoms with van der Waals surface area (Å²) in [4.78, 5) is 0. The minimum Gasteiger partial charge on any atom is -0.378 e. The fourth-order valence-corrected chi connectivity index (χ4v) is 0.346. The molecule has 0 aliphatic heterocycles. The fourth-order valence-electron chi connectivity index (χ4n) is 0.346. The Morgan fingerprint density at radius 2 is 1.89 bits per heavy atom. The first-order chi connectivity index (χ1) is 3.85. The first kappa shape index (κ1) is 8.84. The van der Waals surface area contributed by atoms with Gasteiger partial charge in [-0.3, -0.25) is 0 Å². The van der Waals surface area contributed by atoms with Crippen LogP contribution in [0.1, 0.15) is 13.8 Å². The maximum absolute atomic E-state index is 8.99. The summed E-state index contributed by atoms with van der Waals surface area (Å²) < 4.78 is 0. The van der Waals surface area contributed by atoms with Crippen LogP contribution in [0.3, 0.4) is 0 Å². The lowest BCUT2D eigenvalue weighted by atomic mass is 9.99. The summed E-state index contributed by atoms with van der Waals surface area (Å²) in [5, 5.41) is 17.7. The van der Waals surface area contributed by atoms with Crippen LogP contribution in [0.2, 0.25) is 0 Å². The van der Waals surface area contributed by atoms with Crippen LogP contribution < -0.4 is 11.5 Å². The van der Waals surface area contributed by atoms with Gasteiger partial charge in [-0.1, -0.05) is 6.92 Å². The van der Waals surface area contributed by atoms with Crippen LogP contribution in [0.15, 0.2) is 0 Å². The van der Waals surface area contributed by atoms with Crippen LogP contribution in [0, 0.1) is 5.92 Å². The lowest BCUT2D eigenvalue weighted by Crippen LogP contribution is -2.50. The van der Waals surface area contributed by atoms with Crippen LogP contribution in [-0.2, 0) is 0 Å². The zero-order valence-electron chi connectivity index (χ0n) is 5.70. The molecule has 0 fully saturated rings. The van der Waals surface area contributed by atoms with E-state index in [0.29, 0.717) is 0 Å². The Bertz CT molecular complexity index is 87.4. The van der Waals surface area contributed by atoms with Crippen molar-refractivity contribution < 1.29 is 10.2 Å². The molecule has 0 amide bonds. The predicted octanol–water partition coefficient (Wildman–Crippen LogP) is -1.43. The average molecular weight is 134 g/mol. The number of aliphatic hydroxyl groups excluding tert-OH is 1. The van der Waals surface area contributed by atoms with Crippen molar-refractivity contribution in [2.75, 3.05) is 0 Å². The Morgan fingerprint density at radius 3 is 1.89 bits per heavy atom. The quantitative estimate of drug-likeness (QED) is 0.348. The molecule has 0 radical (unpaired) electrons. The second kappa shape index (κ2) is 2.62. The second-order valence-electron chi connectivity index (χ2n) is 2.51. The van der Waals surface area contributed by atoms with Crippen molar-refractivity contribution in [1.29, 1.82) is 0 Å². The Balaban J connectivity index is 3.88. The predicted molar refractivity (Wildman–Crippen MR) is 34.2 cm³/mol. The molecule has 0 bridgehead atoms. The SMILES string of the molecule is CC(C(N)O)C(C)(N)O. The van der Waals surface area contributed by atoms with E-state index in [1.54, 1.807) is 6.92 Å². The van der Waals surface area contributed by atoms with E-state index in [0.717, 1.165) is 0 Å². The molecule has 0 aromatic carbocycles. The zero-order valence-corrected chi connectivity index (χ0v) is 5.70. The minimum atomic E-state index is -1.39. The molecule has 4 heteroatoms. The molecule has 9 heavy (non-hydrogen) atoms. The zero-order chi connectivity index (χ0) is 7.65. The highest BCUT2D eigenvalue weighted by Gasteiger charge is 2.26. The Labute approximate surface area is 54.5 Å². The second-order valence-corrected chi connectivity index (χ2v) is 2.51. The fraction of sp³-hybridized carbons (Fsp3) is 1.00. The van der Waals surface area contributed by atoms with E-state index < -0.39 is 17.9 Å². The highest BCUT2D eigenvalue weighted by Crippen LogP contribution is 2.10. The standard InChI is InChI=1S/C5H14N2O2/c1-3(4(6)8)5(2,7)9/h3-4,8-9H,6-7H2,1-2H3. The van der Waals surface area contributed by atoms with Gasteiger partial charge in [-0.2, -0.15) is 0 Å². The minimum absolute atomic E-state index is 0.516. The molecular weight excluding hydrogens is 120 g/mol. The smallest absolute Gasteiger partial charge is 0.117 e. The van der Waals surface area contributed by atoms with E-state index in [2.05, 4.69) is 0 Å². The van der Waals surface area contributed by atoms with E-state index in [1.807, 2.05) is 0 Å². The summed E-state index contributed by atoms with van der Waals surface area (Å²) >= 11 is 0. The molecule has 3 unspecified atom stereocenters. The lowest BCUT2D eigenvalue weighted by Gasteiger charge is -2.27. The molecule has 0 aromatic heterocycles. The molecule has 0 saturated carbocycles. The Kier molecular flexibility index (Phi) is 2.57. The van der Waals surface area contributed by atoms with Gasteiger partial charge in [0.05, 0.1) is 0 Å². The molecular formula is C5H14N2O2. The third-order valence-electron chi connectivity index (χ3n) is 1.43. The van der Waals surface area contributed by atoms with Crippen molar-refractivity contribution in [1.82, 2.24) is 0 Å². The number of nitrogens with two attached hydrogens (primary N) is 2. The van der Waals surface area contributed by atoms with Gasteiger partial charge >= 0.3 is 0 Å². The van der Waals surface area contributed by atoms with Gasteiger partial charge in [-0.25, -0.2) is 0 Å². The van der Waals surface area contributed by atoms with Crippen LogP contribution >= 0.6 is 0 Å². The average Bonchev–Trinajstić information content (AvgIpc) is 1.62. The van der Waals surface area contributed by atoms with Crippen LogP contribution in [-0.4, -0.2) is 22.2 Å². The molecule has 56 valence electrons. The summed E-state index contributed by atoms with van der Waals surface area (Å²) in [6, 6.07) is 0. The van der Waals surface area contributed by atoms with Crippen molar-refractivity contribution in [3.8, 4) is 0 Å². The van der Waals surface area contributed by atoms with Crippen molar-refractivity contribution in [3.05, 3.63) is 0 Å². The first-order valence-corrected chi connectivity index (χ1v) is 2.80. The maximum Gasteiger partial charge on any atom is 0.117 e. The van der Waals surface area contributed by atoms with Crippen LogP contribution in [0.5, 0.6) is 0 Å². The van der Waals surface area contributed by atoms with E-state index >= 15 is 0 Å². The van der Waals surface area contributed by atoms with Gasteiger partial charge in [-0.05, 0) is 6.92 Å². The molecule has 0 rings (SSSR count). The molecule has 6 N–H and O–H groups in total. The molecule has 4 nitrogen and oxygen atoms in total. The highest BCUT2D eigenvalue weighted by molar-refractivity contribution is 4.74. The van der Waals surface area contributed by atoms with E-state index in [4.69, 9.17) is 21.7 Å². The molecule has 0 spiro atoms. The highest BCUT2D eigenvalue weighted by atomic mass is 16.3. The largest absolute Gasteiger partial charge is 0.378 e. The van der Waals surface area contributed by atoms with Crippen molar-refractivity contribution in [3.63, 3.8) is 0 Å². The monoisotopic (exact) mass is 134 g/mol. The third kappa shape index (κ3) is 2.76. The first-order valence-electron chi connectivity index (χ1n) is 2.80. The third-order valence-corrected chi connectivity index (χ3v) is 1.43. The van der Waals surface area contributed by atoms with Gasteiger partial charge in [0.2, 0.25) is 0 Å². The molecule has 0 aliphatic carbocycles. The number of hydrogen-bond acceptors (Lipinski definition) is 4. The molecule has 0 aliphatic rings. The van der Waals surface area contributed by atoms with Crippen LogP contribution in [0.4, 0.5) is 0 Å².